The molecule has 13 heteroatoms. The fourth-order valence-electron chi connectivity index (χ4n) is 9.56. The minimum absolute atomic E-state index is 0.0463. The number of benzene rings is 1. The van der Waals surface area contributed by atoms with Crippen LogP contribution in [0.2, 0.25) is 0 Å². The maximum atomic E-state index is 17.2. The van der Waals surface area contributed by atoms with Crippen molar-refractivity contribution in [1.82, 2.24) is 30.0 Å². The zero-order valence-corrected chi connectivity index (χ0v) is 30.4. The quantitative estimate of drug-likeness (QED) is 0.250. The van der Waals surface area contributed by atoms with Gasteiger partial charge in [0, 0.05) is 35.0 Å². The van der Waals surface area contributed by atoms with Gasteiger partial charge < -0.3 is 29.0 Å². The number of nitrogens with zero attached hydrogens (tertiary/aromatic N) is 6. The van der Waals surface area contributed by atoms with Crippen molar-refractivity contribution in [3.8, 4) is 23.1 Å². The molecule has 3 aromatic heterocycles. The average Bonchev–Trinajstić information content (AvgIpc) is 3.72. The van der Waals surface area contributed by atoms with Crippen LogP contribution in [0.5, 0.6) is 11.9 Å². The summed E-state index contributed by atoms with van der Waals surface area (Å²) in [6, 6.07) is 4.83. The molecular weight excluding hydrogens is 653 g/mol. The Labute approximate surface area is 298 Å². The summed E-state index contributed by atoms with van der Waals surface area (Å²) in [5.41, 5.74) is 1.18. The van der Waals surface area contributed by atoms with E-state index in [1.165, 1.54) is 7.11 Å². The van der Waals surface area contributed by atoms with Gasteiger partial charge in [-0.2, -0.15) is 15.1 Å². The maximum absolute atomic E-state index is 17.2. The molecule has 5 unspecified atom stereocenters. The predicted octanol–water partition coefficient (Wildman–Crippen LogP) is 5.58. The number of β-amino-alcohol motifs (C(OH)–C–C–N with tert-alkyl or cyclic N) is 1. The second kappa shape index (κ2) is 13.4. The van der Waals surface area contributed by atoms with Crippen molar-refractivity contribution >= 4 is 27.6 Å². The summed E-state index contributed by atoms with van der Waals surface area (Å²) in [6.07, 6.45) is 9.79. The Hall–Kier alpha value is -3.65. The van der Waals surface area contributed by atoms with Crippen molar-refractivity contribution in [2.75, 3.05) is 51.5 Å². The zero-order valence-electron chi connectivity index (χ0n) is 30.4. The van der Waals surface area contributed by atoms with E-state index in [0.29, 0.717) is 48.6 Å². The van der Waals surface area contributed by atoms with E-state index >= 15 is 4.39 Å². The first-order valence-corrected chi connectivity index (χ1v) is 18.5. The Morgan fingerprint density at radius 2 is 1.90 bits per heavy atom. The van der Waals surface area contributed by atoms with E-state index in [1.54, 1.807) is 13.1 Å². The molecule has 0 radical (unpaired) electrons. The molecular formula is C38H50FN7O5. The third kappa shape index (κ3) is 6.29. The van der Waals surface area contributed by atoms with Gasteiger partial charge in [-0.15, -0.1) is 0 Å². The van der Waals surface area contributed by atoms with Crippen LogP contribution in [0.15, 0.2) is 18.3 Å². The molecule has 1 aliphatic carbocycles. The Balaban J connectivity index is 1.22. The number of hydrogen-bond acceptors (Lipinski definition) is 11. The number of ether oxygens (including phenoxy) is 4. The molecule has 4 aliphatic rings. The Morgan fingerprint density at radius 3 is 2.71 bits per heavy atom. The number of H-pyrrole nitrogens is 1. The summed E-state index contributed by atoms with van der Waals surface area (Å²) < 4.78 is 41.6. The fourth-order valence-corrected chi connectivity index (χ4v) is 9.56. The number of aromatic amines is 1. The van der Waals surface area contributed by atoms with Crippen LogP contribution < -0.4 is 14.4 Å². The summed E-state index contributed by atoms with van der Waals surface area (Å²) >= 11 is 0. The maximum Gasteiger partial charge on any atom is 0.319 e. The van der Waals surface area contributed by atoms with Crippen LogP contribution in [0.25, 0.3) is 33.1 Å². The third-order valence-electron chi connectivity index (χ3n) is 11.7. The standard InChI is InChI=1S/C38H50FN7O5/c1-22-9-10-27-26(18-40-44-27)29(22)32-31(39)33-30(35(41-32)48-5)34(45-14-15-49-20-37(4,47)19-45)43-36(42-33)50-21-38-11-6-8-28(38)46(13-7-12-38)25-16-23(2)51-24(3)17-25/h9-10,18,23-25,28,47H,6-8,11-17,19-21H2,1-5H3,(H,40,44). The van der Waals surface area contributed by atoms with Gasteiger partial charge in [0.25, 0.3) is 0 Å². The van der Waals surface area contributed by atoms with E-state index in [0.717, 1.165) is 68.0 Å². The number of hydrogen-bond donors (Lipinski definition) is 2. The topological polar surface area (TPSA) is 131 Å². The smallest absolute Gasteiger partial charge is 0.319 e. The number of likely N-dealkylation sites (tertiary alicyclic amines) is 1. The van der Waals surface area contributed by atoms with Gasteiger partial charge in [0.05, 0.1) is 57.4 Å². The number of aliphatic hydroxyl groups is 1. The largest absolute Gasteiger partial charge is 0.480 e. The first-order chi connectivity index (χ1) is 24.6. The van der Waals surface area contributed by atoms with E-state index in [9.17, 15) is 5.11 Å². The van der Waals surface area contributed by atoms with Gasteiger partial charge in [-0.3, -0.25) is 10.00 Å². The number of halogens is 1. The zero-order chi connectivity index (χ0) is 35.5. The second-order valence-electron chi connectivity index (χ2n) is 15.7. The molecule has 1 saturated carbocycles. The number of aryl methyl sites for hydroxylation is 1. The van der Waals surface area contributed by atoms with Crippen molar-refractivity contribution in [1.29, 1.82) is 0 Å². The molecule has 0 spiro atoms. The van der Waals surface area contributed by atoms with E-state index < -0.39 is 11.4 Å². The van der Waals surface area contributed by atoms with Crippen LogP contribution in [0, 0.1) is 18.2 Å². The molecule has 5 atom stereocenters. The monoisotopic (exact) mass is 703 g/mol. The molecule has 12 nitrogen and oxygen atoms in total. The number of anilines is 1. The molecule has 3 aliphatic heterocycles. The SMILES string of the molecule is COc1nc(-c2c(C)ccc3[nH]ncc23)c(F)c2nc(OCC34CCCC3N(C3CC(C)OC(C)C3)CCC4)nc(N3CCOCC(C)(O)C3)c12. The van der Waals surface area contributed by atoms with Gasteiger partial charge in [0.1, 0.15) is 28.0 Å². The molecule has 1 aromatic carbocycles. The highest BCUT2D eigenvalue weighted by molar-refractivity contribution is 6.01. The number of fused-ring (bicyclic) bond motifs is 3. The Kier molecular flexibility index (Phi) is 9.05. The van der Waals surface area contributed by atoms with Crippen LogP contribution >= 0.6 is 0 Å². The van der Waals surface area contributed by atoms with Crippen molar-refractivity contribution in [2.24, 2.45) is 5.41 Å². The summed E-state index contributed by atoms with van der Waals surface area (Å²) in [4.78, 5) is 19.2. The first-order valence-electron chi connectivity index (χ1n) is 18.5. The van der Waals surface area contributed by atoms with Gasteiger partial charge in [-0.1, -0.05) is 12.5 Å². The van der Waals surface area contributed by atoms with Crippen molar-refractivity contribution in [3.63, 3.8) is 0 Å². The van der Waals surface area contributed by atoms with Crippen molar-refractivity contribution in [3.05, 3.63) is 29.7 Å². The fraction of sp³-hybridized carbons (Fsp3) is 0.632. The van der Waals surface area contributed by atoms with E-state index in [1.807, 2.05) is 24.0 Å². The van der Waals surface area contributed by atoms with E-state index in [-0.39, 0.29) is 53.9 Å². The van der Waals surface area contributed by atoms with Gasteiger partial charge in [-0.05, 0) is 84.4 Å². The molecule has 274 valence electrons. The van der Waals surface area contributed by atoms with Crippen molar-refractivity contribution in [2.45, 2.75) is 103 Å². The number of piperidine rings is 1. The number of aromatic nitrogens is 5. The van der Waals surface area contributed by atoms with Gasteiger partial charge in [-0.25, -0.2) is 9.37 Å². The highest BCUT2D eigenvalue weighted by Crippen LogP contribution is 2.50. The number of rotatable bonds is 7. The van der Waals surface area contributed by atoms with Gasteiger partial charge in [0.15, 0.2) is 5.82 Å². The molecule has 0 amide bonds. The summed E-state index contributed by atoms with van der Waals surface area (Å²) in [7, 11) is 1.51. The molecule has 4 aromatic rings. The first kappa shape index (κ1) is 34.4. The highest BCUT2D eigenvalue weighted by Gasteiger charge is 2.51. The van der Waals surface area contributed by atoms with Crippen LogP contribution in [-0.2, 0) is 9.47 Å². The lowest BCUT2D eigenvalue weighted by atomic mass is 9.74. The van der Waals surface area contributed by atoms with E-state index in [2.05, 4.69) is 28.9 Å². The number of pyridine rings is 1. The number of nitrogens with one attached hydrogen (secondary N) is 1. The second-order valence-corrected chi connectivity index (χ2v) is 15.7. The molecule has 51 heavy (non-hydrogen) atoms. The third-order valence-corrected chi connectivity index (χ3v) is 11.7. The van der Waals surface area contributed by atoms with Gasteiger partial charge in [0.2, 0.25) is 5.88 Å². The van der Waals surface area contributed by atoms with Crippen LogP contribution in [0.4, 0.5) is 10.2 Å². The normalized spacial score (nSPS) is 30.5. The lowest BCUT2D eigenvalue weighted by Gasteiger charge is -2.51. The minimum atomic E-state index is -1.16. The Bertz CT molecular complexity index is 1910. The van der Waals surface area contributed by atoms with Gasteiger partial charge >= 0.3 is 6.01 Å². The Morgan fingerprint density at radius 1 is 1.10 bits per heavy atom. The molecule has 6 heterocycles. The molecule has 8 rings (SSSR count). The average molecular weight is 704 g/mol. The minimum Gasteiger partial charge on any atom is -0.480 e. The lowest BCUT2D eigenvalue weighted by Crippen LogP contribution is -2.57. The molecule has 4 fully saturated rings. The molecule has 2 N–H and O–H groups in total. The van der Waals surface area contributed by atoms with Crippen LogP contribution in [0.1, 0.15) is 71.3 Å². The van der Waals surface area contributed by atoms with Crippen molar-refractivity contribution < 1.29 is 28.4 Å². The van der Waals surface area contributed by atoms with E-state index in [4.69, 9.17) is 33.9 Å². The predicted molar refractivity (Wildman–Crippen MR) is 192 cm³/mol. The molecule has 0 bridgehead atoms. The van der Waals surface area contributed by atoms with Crippen LogP contribution in [0.3, 0.4) is 0 Å². The lowest BCUT2D eigenvalue weighted by molar-refractivity contribution is -0.0967. The van der Waals surface area contributed by atoms with Crippen LogP contribution in [-0.4, -0.2) is 112 Å². The molecule has 3 saturated heterocycles. The number of methoxy groups -OCH3 is 1. The summed E-state index contributed by atoms with van der Waals surface area (Å²) in [5, 5.41) is 19.4. The highest BCUT2D eigenvalue weighted by atomic mass is 19.1. The summed E-state index contributed by atoms with van der Waals surface area (Å²) in [5.74, 6) is -0.0212. The summed E-state index contributed by atoms with van der Waals surface area (Å²) in [6.45, 7) is 10.7.